The van der Waals surface area contributed by atoms with Crippen molar-refractivity contribution in [2.24, 2.45) is 0 Å². The third-order valence-electron chi connectivity index (χ3n) is 2.84. The number of hydrogen-bond donors (Lipinski definition) is 2. The smallest absolute Gasteiger partial charge is 0.237 e. The molecular formula is C15H16N2OS. The van der Waals surface area contributed by atoms with Crippen LogP contribution in [0.25, 0.3) is 0 Å². The van der Waals surface area contributed by atoms with E-state index in [2.05, 4.69) is 22.9 Å². The lowest BCUT2D eigenvalue weighted by atomic mass is 10.1. The number of nitrogens with zero attached hydrogens (tertiary/aromatic N) is 1. The SMILES string of the molecule is Cc1ncccc1NC(=O)C(S)Cc1ccccc1. The predicted molar refractivity (Wildman–Crippen MR) is 80.5 cm³/mol. The monoisotopic (exact) mass is 272 g/mol. The molecule has 0 aliphatic heterocycles. The Hall–Kier alpha value is -1.81. The third kappa shape index (κ3) is 3.83. The minimum Gasteiger partial charge on any atom is -0.324 e. The van der Waals surface area contributed by atoms with Crippen molar-refractivity contribution in [3.8, 4) is 0 Å². The Morgan fingerprint density at radius 3 is 2.68 bits per heavy atom. The van der Waals surface area contributed by atoms with Crippen LogP contribution in [0.3, 0.4) is 0 Å². The van der Waals surface area contributed by atoms with E-state index in [4.69, 9.17) is 0 Å². The molecule has 1 atom stereocenters. The predicted octanol–water partition coefficient (Wildman–Crippen LogP) is 2.87. The van der Waals surface area contributed by atoms with E-state index < -0.39 is 0 Å². The van der Waals surface area contributed by atoms with Crippen molar-refractivity contribution in [1.29, 1.82) is 0 Å². The van der Waals surface area contributed by atoms with Crippen LogP contribution >= 0.6 is 12.6 Å². The molecule has 1 unspecified atom stereocenters. The van der Waals surface area contributed by atoms with Gasteiger partial charge in [-0.25, -0.2) is 0 Å². The van der Waals surface area contributed by atoms with Gasteiger partial charge in [-0.05, 0) is 31.0 Å². The highest BCUT2D eigenvalue weighted by Crippen LogP contribution is 2.14. The fourth-order valence-corrected chi connectivity index (χ4v) is 2.04. The van der Waals surface area contributed by atoms with E-state index in [9.17, 15) is 4.79 Å². The van der Waals surface area contributed by atoms with Gasteiger partial charge in [0, 0.05) is 6.20 Å². The molecule has 4 heteroatoms. The first-order valence-electron chi connectivity index (χ1n) is 6.11. The van der Waals surface area contributed by atoms with E-state index in [-0.39, 0.29) is 11.2 Å². The molecule has 0 saturated carbocycles. The molecule has 3 nitrogen and oxygen atoms in total. The molecule has 0 radical (unpaired) electrons. The lowest BCUT2D eigenvalue weighted by molar-refractivity contribution is -0.115. The van der Waals surface area contributed by atoms with Crippen molar-refractivity contribution in [1.82, 2.24) is 4.98 Å². The summed E-state index contributed by atoms with van der Waals surface area (Å²) in [6.45, 7) is 1.86. The molecule has 1 aromatic heterocycles. The van der Waals surface area contributed by atoms with Gasteiger partial charge in [-0.15, -0.1) is 0 Å². The number of carbonyl (C=O) groups is 1. The van der Waals surface area contributed by atoms with Gasteiger partial charge in [0.2, 0.25) is 5.91 Å². The number of amides is 1. The molecule has 0 spiro atoms. The maximum Gasteiger partial charge on any atom is 0.237 e. The molecule has 2 rings (SSSR count). The quantitative estimate of drug-likeness (QED) is 0.840. The van der Waals surface area contributed by atoms with Gasteiger partial charge in [0.05, 0.1) is 16.6 Å². The number of hydrogen-bond acceptors (Lipinski definition) is 3. The average Bonchev–Trinajstić information content (AvgIpc) is 2.42. The summed E-state index contributed by atoms with van der Waals surface area (Å²) in [5.74, 6) is -0.108. The van der Waals surface area contributed by atoms with E-state index in [0.29, 0.717) is 6.42 Å². The van der Waals surface area contributed by atoms with Crippen LogP contribution in [0.5, 0.6) is 0 Å². The second-order valence-electron chi connectivity index (χ2n) is 4.33. The van der Waals surface area contributed by atoms with E-state index in [1.54, 1.807) is 12.3 Å². The number of carbonyl (C=O) groups excluding carboxylic acids is 1. The van der Waals surface area contributed by atoms with Gasteiger partial charge in [0.15, 0.2) is 0 Å². The van der Waals surface area contributed by atoms with Crippen molar-refractivity contribution >= 4 is 24.2 Å². The fraction of sp³-hybridized carbons (Fsp3) is 0.200. The highest BCUT2D eigenvalue weighted by atomic mass is 32.1. The lowest BCUT2D eigenvalue weighted by Gasteiger charge is -2.12. The Bertz CT molecular complexity index is 557. The number of aryl methyl sites for hydroxylation is 1. The maximum absolute atomic E-state index is 12.1. The number of pyridine rings is 1. The normalized spacial score (nSPS) is 11.9. The van der Waals surface area contributed by atoms with Crippen LogP contribution in [0.4, 0.5) is 5.69 Å². The third-order valence-corrected chi connectivity index (χ3v) is 3.26. The Balaban J connectivity index is 1.99. The summed E-state index contributed by atoms with van der Waals surface area (Å²) in [4.78, 5) is 16.2. The Morgan fingerprint density at radius 2 is 2.00 bits per heavy atom. The minimum atomic E-state index is -0.373. The first-order chi connectivity index (χ1) is 9.16. The van der Waals surface area contributed by atoms with Gasteiger partial charge in [-0.2, -0.15) is 12.6 Å². The molecule has 0 aliphatic carbocycles. The Morgan fingerprint density at radius 1 is 1.26 bits per heavy atom. The summed E-state index contributed by atoms with van der Waals surface area (Å²) in [5.41, 5.74) is 2.64. The molecule has 1 amide bonds. The van der Waals surface area contributed by atoms with E-state index in [1.807, 2.05) is 43.3 Å². The molecule has 1 heterocycles. The highest BCUT2D eigenvalue weighted by molar-refractivity contribution is 7.81. The van der Waals surface area contributed by atoms with E-state index >= 15 is 0 Å². The van der Waals surface area contributed by atoms with Crippen molar-refractivity contribution < 1.29 is 4.79 Å². The number of nitrogens with one attached hydrogen (secondary N) is 1. The average molecular weight is 272 g/mol. The Kier molecular flexibility index (Phi) is 4.58. The summed E-state index contributed by atoms with van der Waals surface area (Å²) < 4.78 is 0. The number of rotatable bonds is 4. The maximum atomic E-state index is 12.1. The van der Waals surface area contributed by atoms with Crippen molar-refractivity contribution in [3.05, 3.63) is 59.9 Å². The van der Waals surface area contributed by atoms with E-state index in [0.717, 1.165) is 16.9 Å². The zero-order chi connectivity index (χ0) is 13.7. The second-order valence-corrected chi connectivity index (χ2v) is 4.95. The standard InChI is InChI=1S/C15H16N2OS/c1-11-13(8-5-9-16-11)17-15(18)14(19)10-12-6-3-2-4-7-12/h2-9,14,19H,10H2,1H3,(H,17,18). The molecule has 19 heavy (non-hydrogen) atoms. The first-order valence-corrected chi connectivity index (χ1v) is 6.63. The van der Waals surface area contributed by atoms with Crippen LogP contribution in [0.15, 0.2) is 48.7 Å². The summed E-state index contributed by atoms with van der Waals surface area (Å²) in [7, 11) is 0. The molecule has 0 aliphatic rings. The topological polar surface area (TPSA) is 42.0 Å². The van der Waals surface area contributed by atoms with Gasteiger partial charge in [0.1, 0.15) is 0 Å². The zero-order valence-electron chi connectivity index (χ0n) is 10.7. The van der Waals surface area contributed by atoms with Crippen LogP contribution in [0.2, 0.25) is 0 Å². The summed E-state index contributed by atoms with van der Waals surface area (Å²) in [6, 6.07) is 13.5. The van der Waals surface area contributed by atoms with E-state index in [1.165, 1.54) is 0 Å². The van der Waals surface area contributed by atoms with Crippen molar-refractivity contribution in [2.75, 3.05) is 5.32 Å². The molecule has 1 aromatic carbocycles. The van der Waals surface area contributed by atoms with Crippen LogP contribution in [-0.4, -0.2) is 16.1 Å². The molecule has 0 saturated heterocycles. The fourth-order valence-electron chi connectivity index (χ4n) is 1.76. The molecule has 2 aromatic rings. The highest BCUT2D eigenvalue weighted by Gasteiger charge is 2.15. The summed E-state index contributed by atoms with van der Waals surface area (Å²) in [5, 5.41) is 2.48. The van der Waals surface area contributed by atoms with Crippen molar-refractivity contribution in [2.45, 2.75) is 18.6 Å². The van der Waals surface area contributed by atoms with Gasteiger partial charge < -0.3 is 5.32 Å². The van der Waals surface area contributed by atoms with Gasteiger partial charge in [0.25, 0.3) is 0 Å². The number of thiol groups is 1. The zero-order valence-corrected chi connectivity index (χ0v) is 11.6. The van der Waals surface area contributed by atoms with Gasteiger partial charge in [-0.3, -0.25) is 9.78 Å². The molecule has 1 N–H and O–H groups in total. The molecular weight excluding hydrogens is 256 g/mol. The van der Waals surface area contributed by atoms with Crippen molar-refractivity contribution in [3.63, 3.8) is 0 Å². The van der Waals surface area contributed by atoms with Crippen LogP contribution in [-0.2, 0) is 11.2 Å². The second kappa shape index (κ2) is 6.38. The minimum absolute atomic E-state index is 0.108. The van der Waals surface area contributed by atoms with Gasteiger partial charge >= 0.3 is 0 Å². The van der Waals surface area contributed by atoms with Crippen LogP contribution < -0.4 is 5.32 Å². The summed E-state index contributed by atoms with van der Waals surface area (Å²) >= 11 is 4.37. The first kappa shape index (κ1) is 13.6. The van der Waals surface area contributed by atoms with Gasteiger partial charge in [-0.1, -0.05) is 30.3 Å². The Labute approximate surface area is 118 Å². The largest absolute Gasteiger partial charge is 0.324 e. The molecule has 98 valence electrons. The number of anilines is 1. The lowest BCUT2D eigenvalue weighted by Crippen LogP contribution is -2.25. The summed E-state index contributed by atoms with van der Waals surface area (Å²) in [6.07, 6.45) is 2.31. The van der Waals surface area contributed by atoms with Crippen LogP contribution in [0, 0.1) is 6.92 Å². The van der Waals surface area contributed by atoms with Crippen LogP contribution in [0.1, 0.15) is 11.3 Å². The number of benzene rings is 1. The number of aromatic nitrogens is 1. The molecule has 0 bridgehead atoms. The molecule has 0 fully saturated rings.